The molecule has 94 valence electrons. The normalized spacial score (nSPS) is 20.7. The number of nitrogens with one attached hydrogen (secondary N) is 1. The summed E-state index contributed by atoms with van der Waals surface area (Å²) in [4.78, 5) is 11.7. The average Bonchev–Trinajstić information content (AvgIpc) is 2.77. The Morgan fingerprint density at radius 1 is 1.50 bits per heavy atom. The number of carbonyl (C=O) groups is 1. The monoisotopic (exact) mass is 245 g/mol. The van der Waals surface area contributed by atoms with Crippen molar-refractivity contribution in [3.8, 4) is 0 Å². The van der Waals surface area contributed by atoms with Crippen LogP contribution in [0.3, 0.4) is 0 Å². The molecule has 1 saturated carbocycles. The van der Waals surface area contributed by atoms with E-state index in [-0.39, 0.29) is 11.8 Å². The molecule has 1 fully saturated rings. The molecule has 0 aromatic heterocycles. The van der Waals surface area contributed by atoms with E-state index in [4.69, 9.17) is 0 Å². The van der Waals surface area contributed by atoms with Crippen LogP contribution in [0.5, 0.6) is 0 Å². The molecule has 1 amide bonds. The van der Waals surface area contributed by atoms with Crippen LogP contribution in [-0.2, 0) is 4.79 Å². The molecule has 0 aromatic rings. The van der Waals surface area contributed by atoms with E-state index in [9.17, 15) is 9.90 Å². The van der Waals surface area contributed by atoms with Gasteiger partial charge in [0.2, 0.25) is 5.91 Å². The smallest absolute Gasteiger partial charge is 0.223 e. The van der Waals surface area contributed by atoms with Crippen molar-refractivity contribution < 1.29 is 9.90 Å². The number of hydrogen-bond donors (Lipinski definition) is 2. The molecule has 2 N–H and O–H groups in total. The number of thioether (sulfide) groups is 1. The zero-order valence-electron chi connectivity index (χ0n) is 10.3. The summed E-state index contributed by atoms with van der Waals surface area (Å²) in [5, 5.41) is 12.9. The number of hydrogen-bond acceptors (Lipinski definition) is 3. The maximum atomic E-state index is 11.7. The summed E-state index contributed by atoms with van der Waals surface area (Å²) in [6.07, 6.45) is 7.10. The van der Waals surface area contributed by atoms with Gasteiger partial charge in [0.25, 0.3) is 0 Å². The van der Waals surface area contributed by atoms with Crippen molar-refractivity contribution in [1.29, 1.82) is 0 Å². The van der Waals surface area contributed by atoms with Gasteiger partial charge in [-0.05, 0) is 38.2 Å². The van der Waals surface area contributed by atoms with Crippen LogP contribution in [0.2, 0.25) is 0 Å². The predicted molar refractivity (Wildman–Crippen MR) is 68.6 cm³/mol. The summed E-state index contributed by atoms with van der Waals surface area (Å²) >= 11 is 1.72. The zero-order valence-corrected chi connectivity index (χ0v) is 11.1. The van der Waals surface area contributed by atoms with Crippen LogP contribution in [0.1, 0.15) is 39.0 Å². The molecular formula is C12H23NO2S. The highest BCUT2D eigenvalue weighted by Gasteiger charge is 2.25. The number of aliphatic hydroxyl groups is 1. The lowest BCUT2D eigenvalue weighted by atomic mass is 10.0. The zero-order chi connectivity index (χ0) is 12.0. The minimum atomic E-state index is -0.767. The lowest BCUT2D eigenvalue weighted by Crippen LogP contribution is -2.42. The van der Waals surface area contributed by atoms with Crippen molar-refractivity contribution in [2.24, 2.45) is 5.92 Å². The topological polar surface area (TPSA) is 49.3 Å². The molecule has 0 heterocycles. The second-order valence-corrected chi connectivity index (χ2v) is 5.92. The van der Waals surface area contributed by atoms with E-state index < -0.39 is 5.60 Å². The minimum Gasteiger partial charge on any atom is -0.388 e. The fourth-order valence-electron chi connectivity index (χ4n) is 2.02. The van der Waals surface area contributed by atoms with Crippen LogP contribution in [0.15, 0.2) is 0 Å². The maximum absolute atomic E-state index is 11.7. The van der Waals surface area contributed by atoms with E-state index in [1.807, 2.05) is 6.26 Å². The molecular weight excluding hydrogens is 222 g/mol. The third kappa shape index (κ3) is 4.74. The molecule has 16 heavy (non-hydrogen) atoms. The van der Waals surface area contributed by atoms with E-state index >= 15 is 0 Å². The Bertz CT molecular complexity index is 225. The summed E-state index contributed by atoms with van der Waals surface area (Å²) in [6.45, 7) is 2.17. The first kappa shape index (κ1) is 13.8. The molecule has 1 rings (SSSR count). The Labute approximate surface area is 102 Å². The first-order valence-corrected chi connectivity index (χ1v) is 7.43. The molecule has 1 aliphatic rings. The van der Waals surface area contributed by atoms with E-state index in [0.29, 0.717) is 6.54 Å². The van der Waals surface area contributed by atoms with E-state index in [0.717, 1.165) is 25.0 Å². The van der Waals surface area contributed by atoms with Gasteiger partial charge in [-0.15, -0.1) is 0 Å². The van der Waals surface area contributed by atoms with Gasteiger partial charge < -0.3 is 10.4 Å². The van der Waals surface area contributed by atoms with E-state index in [1.165, 1.54) is 12.8 Å². The van der Waals surface area contributed by atoms with Crippen LogP contribution < -0.4 is 5.32 Å². The maximum Gasteiger partial charge on any atom is 0.223 e. The SMILES string of the molecule is CSCCC(C)(O)CNC(=O)C1CCCC1. The van der Waals surface area contributed by atoms with Gasteiger partial charge in [0, 0.05) is 12.5 Å². The predicted octanol–water partition coefficient (Wildman–Crippen LogP) is 1.80. The van der Waals surface area contributed by atoms with Crippen LogP contribution in [0, 0.1) is 5.92 Å². The van der Waals surface area contributed by atoms with Gasteiger partial charge in [-0.2, -0.15) is 11.8 Å². The van der Waals surface area contributed by atoms with Crippen molar-refractivity contribution in [3.05, 3.63) is 0 Å². The van der Waals surface area contributed by atoms with Crippen LogP contribution in [0.4, 0.5) is 0 Å². The lowest BCUT2D eigenvalue weighted by molar-refractivity contribution is -0.125. The highest BCUT2D eigenvalue weighted by molar-refractivity contribution is 7.98. The minimum absolute atomic E-state index is 0.127. The van der Waals surface area contributed by atoms with E-state index in [2.05, 4.69) is 5.32 Å². The molecule has 0 aromatic carbocycles. The third-order valence-electron chi connectivity index (χ3n) is 3.21. The van der Waals surface area contributed by atoms with Crippen molar-refractivity contribution >= 4 is 17.7 Å². The van der Waals surface area contributed by atoms with Gasteiger partial charge >= 0.3 is 0 Å². The summed E-state index contributed by atoms with van der Waals surface area (Å²) in [5.74, 6) is 1.24. The number of rotatable bonds is 6. The molecule has 0 aliphatic heterocycles. The lowest BCUT2D eigenvalue weighted by Gasteiger charge is -2.24. The second-order valence-electron chi connectivity index (χ2n) is 4.94. The second kappa shape index (κ2) is 6.50. The van der Waals surface area contributed by atoms with Gasteiger partial charge in [-0.25, -0.2) is 0 Å². The third-order valence-corrected chi connectivity index (χ3v) is 3.83. The van der Waals surface area contributed by atoms with Crippen LogP contribution >= 0.6 is 11.8 Å². The van der Waals surface area contributed by atoms with Gasteiger partial charge in [-0.3, -0.25) is 4.79 Å². The summed E-state index contributed by atoms with van der Waals surface area (Å²) < 4.78 is 0. The van der Waals surface area contributed by atoms with Gasteiger partial charge in [0.05, 0.1) is 5.60 Å². The molecule has 0 bridgehead atoms. The van der Waals surface area contributed by atoms with E-state index in [1.54, 1.807) is 18.7 Å². The largest absolute Gasteiger partial charge is 0.388 e. The molecule has 0 radical (unpaired) electrons. The van der Waals surface area contributed by atoms with Crippen molar-refractivity contribution in [2.75, 3.05) is 18.6 Å². The summed E-state index contributed by atoms with van der Waals surface area (Å²) in [6, 6.07) is 0. The highest BCUT2D eigenvalue weighted by atomic mass is 32.2. The van der Waals surface area contributed by atoms with Gasteiger partial charge in [0.1, 0.15) is 0 Å². The molecule has 1 unspecified atom stereocenters. The van der Waals surface area contributed by atoms with Gasteiger partial charge in [-0.1, -0.05) is 12.8 Å². The average molecular weight is 245 g/mol. The highest BCUT2D eigenvalue weighted by Crippen LogP contribution is 2.24. The Balaban J connectivity index is 2.24. The van der Waals surface area contributed by atoms with Gasteiger partial charge in [0.15, 0.2) is 0 Å². The fraction of sp³-hybridized carbons (Fsp3) is 0.917. The Morgan fingerprint density at radius 2 is 2.12 bits per heavy atom. The molecule has 0 saturated heterocycles. The first-order chi connectivity index (χ1) is 7.55. The van der Waals surface area contributed by atoms with Crippen LogP contribution in [0.25, 0.3) is 0 Å². The van der Waals surface area contributed by atoms with Crippen molar-refractivity contribution in [2.45, 2.75) is 44.6 Å². The Hall–Kier alpha value is -0.220. The molecule has 0 spiro atoms. The molecule has 3 nitrogen and oxygen atoms in total. The Kier molecular flexibility index (Phi) is 5.62. The van der Waals surface area contributed by atoms with Crippen molar-refractivity contribution in [3.63, 3.8) is 0 Å². The fourth-order valence-corrected chi connectivity index (χ4v) is 2.66. The standard InChI is InChI=1S/C12H23NO2S/c1-12(15,7-8-16-2)9-13-11(14)10-5-3-4-6-10/h10,15H,3-9H2,1-2H3,(H,13,14). The molecule has 1 aliphatic carbocycles. The Morgan fingerprint density at radius 3 is 2.69 bits per heavy atom. The molecule has 4 heteroatoms. The van der Waals surface area contributed by atoms with Crippen LogP contribution in [-0.4, -0.2) is 35.2 Å². The summed E-state index contributed by atoms with van der Waals surface area (Å²) in [7, 11) is 0. The molecule has 1 atom stereocenters. The summed E-state index contributed by atoms with van der Waals surface area (Å²) in [5.41, 5.74) is -0.767. The number of carbonyl (C=O) groups excluding carboxylic acids is 1. The number of amides is 1. The quantitative estimate of drug-likeness (QED) is 0.750. The van der Waals surface area contributed by atoms with Crippen molar-refractivity contribution in [1.82, 2.24) is 5.32 Å². The first-order valence-electron chi connectivity index (χ1n) is 6.04.